The molecule has 2 aliphatic rings. The Morgan fingerprint density at radius 2 is 2.16 bits per heavy atom. The van der Waals surface area contributed by atoms with E-state index in [9.17, 15) is 14.9 Å². The number of esters is 1. The first-order valence-electron chi connectivity index (χ1n) is 8.27. The fourth-order valence-corrected chi connectivity index (χ4v) is 3.46. The number of ether oxygens (including phenoxy) is 1. The van der Waals surface area contributed by atoms with Gasteiger partial charge in [0.15, 0.2) is 5.78 Å². The van der Waals surface area contributed by atoms with Crippen molar-refractivity contribution in [2.75, 3.05) is 6.61 Å². The fourth-order valence-electron chi connectivity index (χ4n) is 3.46. The van der Waals surface area contributed by atoms with Gasteiger partial charge in [-0.1, -0.05) is 18.2 Å². The van der Waals surface area contributed by atoms with Crippen LogP contribution in [0.2, 0.25) is 0 Å². The van der Waals surface area contributed by atoms with E-state index in [-0.39, 0.29) is 23.8 Å². The van der Waals surface area contributed by atoms with E-state index in [1.807, 2.05) is 0 Å². The van der Waals surface area contributed by atoms with Crippen LogP contribution in [0, 0.1) is 11.3 Å². The van der Waals surface area contributed by atoms with Crippen molar-refractivity contribution in [1.29, 1.82) is 5.26 Å². The quantitative estimate of drug-likeness (QED) is 0.817. The lowest BCUT2D eigenvalue weighted by molar-refractivity contribution is -0.138. The van der Waals surface area contributed by atoms with Gasteiger partial charge in [-0.25, -0.2) is 4.79 Å². The van der Waals surface area contributed by atoms with E-state index in [4.69, 9.17) is 10.5 Å². The van der Waals surface area contributed by atoms with Crippen molar-refractivity contribution in [1.82, 2.24) is 5.32 Å². The molecule has 0 amide bonds. The first-order valence-corrected chi connectivity index (χ1v) is 8.27. The average Bonchev–Trinajstić information content (AvgIpc) is 2.60. The summed E-state index contributed by atoms with van der Waals surface area (Å²) in [4.78, 5) is 25.2. The van der Waals surface area contributed by atoms with Gasteiger partial charge in [0, 0.05) is 17.7 Å². The molecular formula is C19H19N3O3. The summed E-state index contributed by atoms with van der Waals surface area (Å²) in [5.74, 6) is -1.10. The van der Waals surface area contributed by atoms with Crippen molar-refractivity contribution < 1.29 is 14.3 Å². The van der Waals surface area contributed by atoms with E-state index >= 15 is 0 Å². The number of hydrogen-bond acceptors (Lipinski definition) is 6. The van der Waals surface area contributed by atoms with Crippen molar-refractivity contribution in [2.24, 2.45) is 5.73 Å². The number of Topliss-reactive ketones (excluding diaryl/α,β-unsaturated/α-hetero) is 1. The highest BCUT2D eigenvalue weighted by molar-refractivity contribution is 6.03. The second kappa shape index (κ2) is 6.81. The molecule has 3 N–H and O–H groups in total. The largest absolute Gasteiger partial charge is 0.463 e. The number of ketones is 1. The number of benzene rings is 1. The summed E-state index contributed by atoms with van der Waals surface area (Å²) in [5.41, 5.74) is 8.58. The number of nitrogens with zero attached hydrogens (tertiary/aromatic N) is 1. The number of nitrogens with two attached hydrogens (primary N) is 1. The van der Waals surface area contributed by atoms with Crippen LogP contribution in [0.5, 0.6) is 0 Å². The summed E-state index contributed by atoms with van der Waals surface area (Å²) in [6.07, 6.45) is 1.84. The molecule has 6 heteroatoms. The molecule has 0 aromatic heterocycles. The zero-order chi connectivity index (χ0) is 18.0. The summed E-state index contributed by atoms with van der Waals surface area (Å²) in [7, 11) is 0. The number of hydrogen-bond donors (Lipinski definition) is 2. The Balaban J connectivity index is 2.23. The van der Waals surface area contributed by atoms with Crippen LogP contribution in [0.1, 0.15) is 43.2 Å². The molecule has 0 bridgehead atoms. The molecular weight excluding hydrogens is 318 g/mol. The molecule has 128 valence electrons. The predicted octanol–water partition coefficient (Wildman–Crippen LogP) is 1.99. The van der Waals surface area contributed by atoms with E-state index in [0.29, 0.717) is 29.5 Å². The van der Waals surface area contributed by atoms with Gasteiger partial charge in [0.05, 0.1) is 29.7 Å². The van der Waals surface area contributed by atoms with Gasteiger partial charge in [-0.15, -0.1) is 0 Å². The minimum atomic E-state index is -0.682. The zero-order valence-corrected chi connectivity index (χ0v) is 14.0. The van der Waals surface area contributed by atoms with Crippen molar-refractivity contribution >= 4 is 11.8 Å². The summed E-state index contributed by atoms with van der Waals surface area (Å²) >= 11 is 0. The molecule has 0 saturated carbocycles. The Hall–Kier alpha value is -3.07. The van der Waals surface area contributed by atoms with Crippen LogP contribution in [-0.2, 0) is 14.3 Å². The van der Waals surface area contributed by atoms with E-state index in [2.05, 4.69) is 11.4 Å². The number of nitriles is 1. The van der Waals surface area contributed by atoms with Crippen molar-refractivity contribution in [2.45, 2.75) is 32.1 Å². The van der Waals surface area contributed by atoms with Gasteiger partial charge in [0.2, 0.25) is 0 Å². The maximum Gasteiger partial charge on any atom is 0.338 e. The van der Waals surface area contributed by atoms with Crippen molar-refractivity contribution in [3.8, 4) is 6.07 Å². The Morgan fingerprint density at radius 3 is 2.88 bits per heavy atom. The van der Waals surface area contributed by atoms with E-state index in [1.54, 1.807) is 31.2 Å². The summed E-state index contributed by atoms with van der Waals surface area (Å²) < 4.78 is 5.16. The highest BCUT2D eigenvalue weighted by Crippen LogP contribution is 2.42. The minimum Gasteiger partial charge on any atom is -0.463 e. The van der Waals surface area contributed by atoms with Gasteiger partial charge in [0.25, 0.3) is 0 Å². The first kappa shape index (κ1) is 16.8. The first-order chi connectivity index (χ1) is 12.1. The van der Waals surface area contributed by atoms with E-state index < -0.39 is 11.9 Å². The lowest BCUT2D eigenvalue weighted by Crippen LogP contribution is -2.38. The monoisotopic (exact) mass is 337 g/mol. The molecule has 1 aliphatic carbocycles. The lowest BCUT2D eigenvalue weighted by Gasteiger charge is -2.33. The Labute approximate surface area is 146 Å². The standard InChI is InChI=1S/C19H19N3O3/c1-2-25-19(24)17-15(12-7-4-3-6-11(12)10-20)16-13(22-18(17)21)8-5-9-14(16)23/h3-4,6-7,15,22H,2,5,8-9,21H2,1H3. The molecule has 1 atom stereocenters. The molecule has 1 aliphatic heterocycles. The molecule has 1 heterocycles. The molecule has 25 heavy (non-hydrogen) atoms. The third-order valence-corrected chi connectivity index (χ3v) is 4.50. The van der Waals surface area contributed by atoms with Crippen LogP contribution < -0.4 is 11.1 Å². The van der Waals surface area contributed by atoms with Crippen LogP contribution in [0.3, 0.4) is 0 Å². The van der Waals surface area contributed by atoms with Gasteiger partial charge >= 0.3 is 5.97 Å². The molecule has 1 unspecified atom stereocenters. The molecule has 1 aromatic rings. The third-order valence-electron chi connectivity index (χ3n) is 4.50. The molecule has 0 saturated heterocycles. The smallest absolute Gasteiger partial charge is 0.338 e. The normalized spacial score (nSPS) is 19.8. The fraction of sp³-hybridized carbons (Fsp3) is 0.316. The molecule has 0 spiro atoms. The molecule has 0 fully saturated rings. The number of carbonyl (C=O) groups is 2. The molecule has 0 radical (unpaired) electrons. The lowest BCUT2D eigenvalue weighted by atomic mass is 9.75. The third kappa shape index (κ3) is 2.89. The molecule has 6 nitrogen and oxygen atoms in total. The minimum absolute atomic E-state index is 0.0270. The van der Waals surface area contributed by atoms with Crippen LogP contribution in [-0.4, -0.2) is 18.4 Å². The van der Waals surface area contributed by atoms with Gasteiger partial charge in [-0.3, -0.25) is 4.79 Å². The highest BCUT2D eigenvalue weighted by atomic mass is 16.5. The van der Waals surface area contributed by atoms with Crippen molar-refractivity contribution in [3.05, 3.63) is 58.1 Å². The number of rotatable bonds is 3. The van der Waals surface area contributed by atoms with E-state index in [1.165, 1.54) is 0 Å². The second-order valence-electron chi connectivity index (χ2n) is 5.97. The SMILES string of the molecule is CCOC(=O)C1=C(N)NC2=C(C(=O)CCC2)C1c1ccccc1C#N. The van der Waals surface area contributed by atoms with E-state index in [0.717, 1.165) is 12.1 Å². The molecule has 3 rings (SSSR count). The van der Waals surface area contributed by atoms with Gasteiger partial charge in [0.1, 0.15) is 5.82 Å². The number of allylic oxidation sites excluding steroid dienone is 2. The summed E-state index contributed by atoms with van der Waals surface area (Å²) in [6, 6.07) is 9.10. The zero-order valence-electron chi connectivity index (χ0n) is 14.0. The Kier molecular flexibility index (Phi) is 4.57. The predicted molar refractivity (Wildman–Crippen MR) is 90.8 cm³/mol. The van der Waals surface area contributed by atoms with Crippen LogP contribution in [0.25, 0.3) is 0 Å². The van der Waals surface area contributed by atoms with Gasteiger partial charge in [-0.05, 0) is 31.4 Å². The maximum absolute atomic E-state index is 12.6. The summed E-state index contributed by atoms with van der Waals surface area (Å²) in [6.45, 7) is 1.90. The topological polar surface area (TPSA) is 105 Å². The van der Waals surface area contributed by atoms with Crippen LogP contribution in [0.15, 0.2) is 46.9 Å². The number of carbonyl (C=O) groups excluding carboxylic acids is 2. The molecule has 1 aromatic carbocycles. The second-order valence-corrected chi connectivity index (χ2v) is 5.97. The van der Waals surface area contributed by atoms with Crippen LogP contribution in [0.4, 0.5) is 0 Å². The Morgan fingerprint density at radius 1 is 1.40 bits per heavy atom. The van der Waals surface area contributed by atoms with Crippen LogP contribution >= 0.6 is 0 Å². The highest BCUT2D eigenvalue weighted by Gasteiger charge is 2.40. The average molecular weight is 337 g/mol. The Bertz CT molecular complexity index is 846. The number of dihydropyridines is 1. The number of nitrogens with one attached hydrogen (secondary N) is 1. The van der Waals surface area contributed by atoms with Gasteiger partial charge < -0.3 is 15.8 Å². The summed E-state index contributed by atoms with van der Waals surface area (Å²) in [5, 5.41) is 12.5. The van der Waals surface area contributed by atoms with Crippen molar-refractivity contribution in [3.63, 3.8) is 0 Å². The maximum atomic E-state index is 12.6. The van der Waals surface area contributed by atoms with Gasteiger partial charge in [-0.2, -0.15) is 5.26 Å².